The van der Waals surface area contributed by atoms with Crippen molar-refractivity contribution in [2.75, 3.05) is 18.4 Å². The highest BCUT2D eigenvalue weighted by molar-refractivity contribution is 9.10. The first-order valence-corrected chi connectivity index (χ1v) is 6.77. The van der Waals surface area contributed by atoms with Crippen LogP contribution in [-0.2, 0) is 11.3 Å². The van der Waals surface area contributed by atoms with Crippen LogP contribution in [0, 0.1) is 0 Å². The summed E-state index contributed by atoms with van der Waals surface area (Å²) in [5, 5.41) is 9.97. The molecule has 0 unspecified atom stereocenters. The summed E-state index contributed by atoms with van der Waals surface area (Å²) in [5.41, 5.74) is 0.794. The average molecular weight is 323 g/mol. The lowest BCUT2D eigenvalue weighted by Crippen LogP contribution is -2.30. The van der Waals surface area contributed by atoms with Gasteiger partial charge in [-0.2, -0.15) is 5.10 Å². The van der Waals surface area contributed by atoms with E-state index in [0.29, 0.717) is 6.54 Å². The summed E-state index contributed by atoms with van der Waals surface area (Å²) in [7, 11) is 0. The second-order valence-corrected chi connectivity index (χ2v) is 4.92. The average Bonchev–Trinajstić information content (AvgIpc) is 2.91. The topological polar surface area (TPSA) is 59.0 Å². The summed E-state index contributed by atoms with van der Waals surface area (Å²) >= 11 is 3.35. The van der Waals surface area contributed by atoms with Crippen molar-refractivity contribution < 1.29 is 4.79 Å². The summed E-state index contributed by atoms with van der Waals surface area (Å²) < 4.78 is 2.81. The standard InChI is InChI=1S/C13H15BrN4O/c14-11-2-4-12(5-3-11)17-13(19)10-15-7-9-18-8-1-6-16-18/h1-6,8,15H,7,9-10H2,(H,17,19). The number of hydrogen-bond donors (Lipinski definition) is 2. The molecule has 2 rings (SSSR count). The maximum atomic E-state index is 11.7. The molecule has 1 aromatic heterocycles. The van der Waals surface area contributed by atoms with Crippen molar-refractivity contribution in [3.63, 3.8) is 0 Å². The van der Waals surface area contributed by atoms with E-state index < -0.39 is 0 Å². The largest absolute Gasteiger partial charge is 0.325 e. The number of rotatable bonds is 6. The van der Waals surface area contributed by atoms with Crippen LogP contribution in [0.3, 0.4) is 0 Å². The Labute approximate surface area is 120 Å². The summed E-state index contributed by atoms with van der Waals surface area (Å²) in [4.78, 5) is 11.7. The SMILES string of the molecule is O=C(CNCCn1cccn1)Nc1ccc(Br)cc1. The highest BCUT2D eigenvalue weighted by atomic mass is 79.9. The van der Waals surface area contributed by atoms with Crippen molar-refractivity contribution in [2.24, 2.45) is 0 Å². The van der Waals surface area contributed by atoms with Crippen LogP contribution in [0.2, 0.25) is 0 Å². The van der Waals surface area contributed by atoms with E-state index in [2.05, 4.69) is 31.7 Å². The molecule has 1 aromatic carbocycles. The molecular formula is C13H15BrN4O. The molecule has 100 valence electrons. The fourth-order valence-electron chi connectivity index (χ4n) is 1.57. The number of halogens is 1. The Balaban J connectivity index is 1.65. The van der Waals surface area contributed by atoms with Crippen molar-refractivity contribution >= 4 is 27.5 Å². The van der Waals surface area contributed by atoms with Gasteiger partial charge in [0, 0.05) is 29.1 Å². The lowest BCUT2D eigenvalue weighted by atomic mass is 10.3. The van der Waals surface area contributed by atoms with Gasteiger partial charge in [0.25, 0.3) is 0 Å². The monoisotopic (exact) mass is 322 g/mol. The minimum absolute atomic E-state index is 0.0530. The minimum Gasteiger partial charge on any atom is -0.325 e. The number of nitrogens with one attached hydrogen (secondary N) is 2. The van der Waals surface area contributed by atoms with Gasteiger partial charge in [-0.25, -0.2) is 0 Å². The molecule has 0 radical (unpaired) electrons. The molecule has 0 aliphatic heterocycles. The van der Waals surface area contributed by atoms with Crippen molar-refractivity contribution in [1.29, 1.82) is 0 Å². The normalized spacial score (nSPS) is 10.4. The van der Waals surface area contributed by atoms with E-state index in [1.807, 2.05) is 41.2 Å². The van der Waals surface area contributed by atoms with Gasteiger partial charge in [-0.1, -0.05) is 15.9 Å². The third-order valence-corrected chi connectivity index (χ3v) is 3.02. The molecule has 0 aliphatic rings. The van der Waals surface area contributed by atoms with Crippen molar-refractivity contribution in [3.05, 3.63) is 47.2 Å². The zero-order valence-electron chi connectivity index (χ0n) is 10.3. The zero-order valence-corrected chi connectivity index (χ0v) is 11.9. The Kier molecular flexibility index (Phi) is 5.11. The predicted molar refractivity (Wildman–Crippen MR) is 77.9 cm³/mol. The van der Waals surface area contributed by atoms with Gasteiger partial charge < -0.3 is 10.6 Å². The molecule has 0 bridgehead atoms. The van der Waals surface area contributed by atoms with Crippen LogP contribution in [-0.4, -0.2) is 28.8 Å². The molecule has 1 amide bonds. The van der Waals surface area contributed by atoms with Crippen molar-refractivity contribution in [3.8, 4) is 0 Å². The number of anilines is 1. The highest BCUT2D eigenvalue weighted by Crippen LogP contribution is 2.13. The van der Waals surface area contributed by atoms with E-state index in [0.717, 1.165) is 16.7 Å². The number of carbonyl (C=O) groups is 1. The Morgan fingerprint density at radius 1 is 1.32 bits per heavy atom. The van der Waals surface area contributed by atoms with Crippen LogP contribution in [0.4, 0.5) is 5.69 Å². The van der Waals surface area contributed by atoms with Gasteiger partial charge in [-0.3, -0.25) is 9.48 Å². The first kappa shape index (κ1) is 13.8. The van der Waals surface area contributed by atoms with Crippen LogP contribution < -0.4 is 10.6 Å². The number of hydrogen-bond acceptors (Lipinski definition) is 3. The van der Waals surface area contributed by atoms with E-state index in [-0.39, 0.29) is 12.5 Å². The lowest BCUT2D eigenvalue weighted by molar-refractivity contribution is -0.115. The highest BCUT2D eigenvalue weighted by Gasteiger charge is 2.01. The second kappa shape index (κ2) is 7.06. The summed E-state index contributed by atoms with van der Waals surface area (Å²) in [6, 6.07) is 9.36. The molecule has 0 fully saturated rings. The first-order chi connectivity index (χ1) is 9.24. The molecule has 19 heavy (non-hydrogen) atoms. The minimum atomic E-state index is -0.0530. The van der Waals surface area contributed by atoms with Crippen LogP contribution >= 0.6 is 15.9 Å². The molecule has 1 heterocycles. The molecule has 0 saturated carbocycles. The fourth-order valence-corrected chi connectivity index (χ4v) is 1.83. The van der Waals surface area contributed by atoms with Crippen LogP contribution in [0.25, 0.3) is 0 Å². The summed E-state index contributed by atoms with van der Waals surface area (Å²) in [6.07, 6.45) is 3.63. The molecule has 0 aliphatic carbocycles. The Morgan fingerprint density at radius 2 is 2.11 bits per heavy atom. The van der Waals surface area contributed by atoms with E-state index in [1.165, 1.54) is 0 Å². The smallest absolute Gasteiger partial charge is 0.238 e. The van der Waals surface area contributed by atoms with Gasteiger partial charge in [0.1, 0.15) is 0 Å². The number of nitrogens with zero attached hydrogens (tertiary/aromatic N) is 2. The molecule has 2 N–H and O–H groups in total. The van der Waals surface area contributed by atoms with Gasteiger partial charge in [0.05, 0.1) is 13.1 Å². The third-order valence-electron chi connectivity index (χ3n) is 2.49. The van der Waals surface area contributed by atoms with E-state index >= 15 is 0 Å². The summed E-state index contributed by atoms with van der Waals surface area (Å²) in [5.74, 6) is -0.0530. The first-order valence-electron chi connectivity index (χ1n) is 5.97. The molecule has 0 saturated heterocycles. The van der Waals surface area contributed by atoms with Crippen LogP contribution in [0.1, 0.15) is 0 Å². The Morgan fingerprint density at radius 3 is 2.79 bits per heavy atom. The molecule has 0 spiro atoms. The lowest BCUT2D eigenvalue weighted by Gasteiger charge is -2.07. The number of amides is 1. The maximum absolute atomic E-state index is 11.7. The number of carbonyl (C=O) groups excluding carboxylic acids is 1. The molecule has 6 heteroatoms. The molecule has 2 aromatic rings. The maximum Gasteiger partial charge on any atom is 0.238 e. The van der Waals surface area contributed by atoms with Gasteiger partial charge in [-0.05, 0) is 30.3 Å². The number of aromatic nitrogens is 2. The van der Waals surface area contributed by atoms with E-state index in [1.54, 1.807) is 6.20 Å². The van der Waals surface area contributed by atoms with Gasteiger partial charge in [0.15, 0.2) is 0 Å². The Hall–Kier alpha value is -1.66. The molecular weight excluding hydrogens is 308 g/mol. The summed E-state index contributed by atoms with van der Waals surface area (Å²) in [6.45, 7) is 1.74. The zero-order chi connectivity index (χ0) is 13.5. The molecule has 5 nitrogen and oxygen atoms in total. The van der Waals surface area contributed by atoms with Gasteiger partial charge >= 0.3 is 0 Å². The van der Waals surface area contributed by atoms with E-state index in [4.69, 9.17) is 0 Å². The van der Waals surface area contributed by atoms with Gasteiger partial charge in [-0.15, -0.1) is 0 Å². The fraction of sp³-hybridized carbons (Fsp3) is 0.231. The van der Waals surface area contributed by atoms with E-state index in [9.17, 15) is 4.79 Å². The van der Waals surface area contributed by atoms with Crippen molar-refractivity contribution in [2.45, 2.75) is 6.54 Å². The quantitative estimate of drug-likeness (QED) is 0.798. The van der Waals surface area contributed by atoms with Crippen LogP contribution in [0.5, 0.6) is 0 Å². The van der Waals surface area contributed by atoms with Gasteiger partial charge in [0.2, 0.25) is 5.91 Å². The van der Waals surface area contributed by atoms with Crippen LogP contribution in [0.15, 0.2) is 47.2 Å². The molecule has 0 atom stereocenters. The Bertz CT molecular complexity index is 510. The number of benzene rings is 1. The van der Waals surface area contributed by atoms with Crippen molar-refractivity contribution in [1.82, 2.24) is 15.1 Å². The second-order valence-electron chi connectivity index (χ2n) is 4.00. The predicted octanol–water partition coefficient (Wildman–Crippen LogP) is 1.87. The third kappa shape index (κ3) is 4.84.